The van der Waals surface area contributed by atoms with Crippen LogP contribution in [0.3, 0.4) is 0 Å². The lowest BCUT2D eigenvalue weighted by Gasteiger charge is -2.32. The van der Waals surface area contributed by atoms with Gasteiger partial charge in [-0.2, -0.15) is 0 Å². The molecule has 7 heteroatoms. The second-order valence-corrected chi connectivity index (χ2v) is 8.42. The van der Waals surface area contributed by atoms with Crippen molar-refractivity contribution in [2.75, 3.05) is 26.2 Å². The molecule has 2 aromatic carbocycles. The number of benzene rings is 2. The van der Waals surface area contributed by atoms with E-state index in [4.69, 9.17) is 9.47 Å². The molecule has 2 amide bonds. The van der Waals surface area contributed by atoms with Crippen LogP contribution in [0.4, 0.5) is 0 Å². The summed E-state index contributed by atoms with van der Waals surface area (Å²) >= 11 is 0. The Labute approximate surface area is 195 Å². The van der Waals surface area contributed by atoms with Crippen LogP contribution in [0.2, 0.25) is 0 Å². The normalized spacial score (nSPS) is 13.9. The minimum absolute atomic E-state index is 0.160. The SMILES string of the molecule is CC(=O)Oc1cccc(C(=O)NCC2CCN(C(=O)CCCOc3ccc(C)cc3)CC2)c1. The van der Waals surface area contributed by atoms with E-state index in [9.17, 15) is 14.4 Å². The number of hydrogen-bond donors (Lipinski definition) is 1. The summed E-state index contributed by atoms with van der Waals surface area (Å²) in [6.07, 6.45) is 2.89. The number of aryl methyl sites for hydroxylation is 1. The average molecular weight is 453 g/mol. The lowest BCUT2D eigenvalue weighted by molar-refractivity contribution is -0.133. The van der Waals surface area contributed by atoms with Crippen LogP contribution in [-0.2, 0) is 9.59 Å². The summed E-state index contributed by atoms with van der Waals surface area (Å²) in [7, 11) is 0. The Morgan fingerprint density at radius 3 is 2.45 bits per heavy atom. The van der Waals surface area contributed by atoms with Crippen molar-refractivity contribution in [3.05, 3.63) is 59.7 Å². The fourth-order valence-corrected chi connectivity index (χ4v) is 3.80. The lowest BCUT2D eigenvalue weighted by atomic mass is 9.96. The van der Waals surface area contributed by atoms with Crippen LogP contribution < -0.4 is 14.8 Å². The molecule has 0 aliphatic carbocycles. The van der Waals surface area contributed by atoms with Crippen molar-refractivity contribution in [2.45, 2.75) is 39.5 Å². The zero-order valence-corrected chi connectivity index (χ0v) is 19.3. The molecule has 0 unspecified atom stereocenters. The number of nitrogens with one attached hydrogen (secondary N) is 1. The molecule has 1 heterocycles. The molecule has 3 rings (SSSR count). The number of piperidine rings is 1. The van der Waals surface area contributed by atoms with Crippen LogP contribution in [0.15, 0.2) is 48.5 Å². The Balaban J connectivity index is 1.33. The van der Waals surface area contributed by atoms with Crippen molar-refractivity contribution in [1.82, 2.24) is 10.2 Å². The zero-order valence-electron chi connectivity index (χ0n) is 19.3. The quantitative estimate of drug-likeness (QED) is 0.356. The van der Waals surface area contributed by atoms with E-state index < -0.39 is 5.97 Å². The Hall–Kier alpha value is -3.35. The fourth-order valence-electron chi connectivity index (χ4n) is 3.80. The Bertz CT molecular complexity index is 949. The Kier molecular flexibility index (Phi) is 8.87. The van der Waals surface area contributed by atoms with E-state index in [0.29, 0.717) is 56.3 Å². The number of rotatable bonds is 9. The van der Waals surface area contributed by atoms with Crippen molar-refractivity contribution >= 4 is 17.8 Å². The second-order valence-electron chi connectivity index (χ2n) is 8.42. The number of ether oxygens (including phenoxy) is 2. The predicted octanol–water partition coefficient (Wildman–Crippen LogP) is 3.75. The third-order valence-corrected chi connectivity index (χ3v) is 5.70. The molecule has 7 nitrogen and oxygen atoms in total. The number of carbonyl (C=O) groups excluding carboxylic acids is 3. The molecule has 1 N–H and O–H groups in total. The topological polar surface area (TPSA) is 84.9 Å². The molecule has 0 aromatic heterocycles. The van der Waals surface area contributed by atoms with Crippen molar-refractivity contribution in [3.63, 3.8) is 0 Å². The van der Waals surface area contributed by atoms with Gasteiger partial charge in [0.25, 0.3) is 5.91 Å². The summed E-state index contributed by atoms with van der Waals surface area (Å²) in [5.74, 6) is 1.05. The first-order chi connectivity index (χ1) is 15.9. The van der Waals surface area contributed by atoms with Gasteiger partial charge in [-0.3, -0.25) is 14.4 Å². The number of nitrogens with zero attached hydrogens (tertiary/aromatic N) is 1. The van der Waals surface area contributed by atoms with Gasteiger partial charge < -0.3 is 19.7 Å². The summed E-state index contributed by atoms with van der Waals surface area (Å²) < 4.78 is 10.7. The Morgan fingerprint density at radius 2 is 1.76 bits per heavy atom. The molecule has 0 spiro atoms. The van der Waals surface area contributed by atoms with E-state index in [2.05, 4.69) is 5.32 Å². The average Bonchev–Trinajstić information content (AvgIpc) is 2.81. The molecule has 1 saturated heterocycles. The fraction of sp³-hybridized carbons (Fsp3) is 0.423. The number of carbonyl (C=O) groups is 3. The van der Waals surface area contributed by atoms with E-state index >= 15 is 0 Å². The van der Waals surface area contributed by atoms with Crippen molar-refractivity contribution in [2.24, 2.45) is 5.92 Å². The summed E-state index contributed by atoms with van der Waals surface area (Å²) in [5.41, 5.74) is 1.64. The highest BCUT2D eigenvalue weighted by molar-refractivity contribution is 5.94. The van der Waals surface area contributed by atoms with Crippen molar-refractivity contribution in [3.8, 4) is 11.5 Å². The molecule has 0 radical (unpaired) electrons. The van der Waals surface area contributed by atoms with Gasteiger partial charge in [0.15, 0.2) is 0 Å². The van der Waals surface area contributed by atoms with E-state index in [0.717, 1.165) is 18.6 Å². The van der Waals surface area contributed by atoms with Crippen molar-refractivity contribution in [1.29, 1.82) is 0 Å². The first kappa shape index (κ1) is 24.3. The maximum absolute atomic E-state index is 12.5. The smallest absolute Gasteiger partial charge is 0.308 e. The summed E-state index contributed by atoms with van der Waals surface area (Å²) in [6, 6.07) is 14.5. The third kappa shape index (κ3) is 7.93. The maximum atomic E-state index is 12.5. The monoisotopic (exact) mass is 452 g/mol. The molecule has 1 aliphatic heterocycles. The third-order valence-electron chi connectivity index (χ3n) is 5.70. The first-order valence-corrected chi connectivity index (χ1v) is 11.4. The number of esters is 1. The van der Waals surface area contributed by atoms with E-state index in [1.165, 1.54) is 12.5 Å². The van der Waals surface area contributed by atoms with Gasteiger partial charge in [-0.15, -0.1) is 0 Å². The van der Waals surface area contributed by atoms with Gasteiger partial charge in [-0.1, -0.05) is 23.8 Å². The molecule has 1 aliphatic rings. The van der Waals surface area contributed by atoms with Crippen LogP contribution in [0.1, 0.15) is 48.5 Å². The summed E-state index contributed by atoms with van der Waals surface area (Å²) in [6.45, 7) is 5.85. The number of amides is 2. The zero-order chi connectivity index (χ0) is 23.6. The van der Waals surface area contributed by atoms with Gasteiger partial charge >= 0.3 is 5.97 Å². The van der Waals surface area contributed by atoms with E-state index in [-0.39, 0.29) is 11.8 Å². The summed E-state index contributed by atoms with van der Waals surface area (Å²) in [4.78, 5) is 37.9. The molecular formula is C26H32N2O5. The highest BCUT2D eigenvalue weighted by Crippen LogP contribution is 2.19. The van der Waals surface area contributed by atoms with Gasteiger partial charge in [0.05, 0.1) is 6.61 Å². The summed E-state index contributed by atoms with van der Waals surface area (Å²) in [5, 5.41) is 2.95. The van der Waals surface area contributed by atoms with Crippen LogP contribution in [0.5, 0.6) is 11.5 Å². The molecular weight excluding hydrogens is 420 g/mol. The van der Waals surface area contributed by atoms with Crippen LogP contribution in [0, 0.1) is 12.8 Å². The van der Waals surface area contributed by atoms with Crippen molar-refractivity contribution < 1.29 is 23.9 Å². The predicted molar refractivity (Wildman–Crippen MR) is 125 cm³/mol. The van der Waals surface area contributed by atoms with Crippen LogP contribution in [-0.4, -0.2) is 48.9 Å². The number of likely N-dealkylation sites (tertiary alicyclic amines) is 1. The first-order valence-electron chi connectivity index (χ1n) is 11.4. The molecule has 0 atom stereocenters. The highest BCUT2D eigenvalue weighted by Gasteiger charge is 2.23. The molecule has 0 saturated carbocycles. The van der Waals surface area contributed by atoms with Crippen LogP contribution in [0.25, 0.3) is 0 Å². The Morgan fingerprint density at radius 1 is 1.03 bits per heavy atom. The minimum Gasteiger partial charge on any atom is -0.494 e. The lowest BCUT2D eigenvalue weighted by Crippen LogP contribution is -2.41. The van der Waals surface area contributed by atoms with Gasteiger partial charge in [0.2, 0.25) is 5.91 Å². The highest BCUT2D eigenvalue weighted by atomic mass is 16.5. The van der Waals surface area contributed by atoms with E-state index in [1.807, 2.05) is 36.1 Å². The van der Waals surface area contributed by atoms with Gasteiger partial charge in [-0.05, 0) is 62.4 Å². The largest absolute Gasteiger partial charge is 0.494 e. The molecule has 176 valence electrons. The van der Waals surface area contributed by atoms with Crippen LogP contribution >= 0.6 is 0 Å². The van der Waals surface area contributed by atoms with Gasteiger partial charge in [0.1, 0.15) is 11.5 Å². The van der Waals surface area contributed by atoms with E-state index in [1.54, 1.807) is 24.3 Å². The molecule has 2 aromatic rings. The maximum Gasteiger partial charge on any atom is 0.308 e. The number of hydrogen-bond acceptors (Lipinski definition) is 5. The minimum atomic E-state index is -0.423. The molecule has 1 fully saturated rings. The second kappa shape index (κ2) is 12.0. The molecule has 33 heavy (non-hydrogen) atoms. The van der Waals surface area contributed by atoms with Gasteiger partial charge in [0, 0.05) is 38.5 Å². The van der Waals surface area contributed by atoms with Gasteiger partial charge in [-0.25, -0.2) is 0 Å². The molecule has 0 bridgehead atoms. The standard InChI is InChI=1S/C26H32N2O5/c1-19-8-10-23(11-9-19)32-16-4-7-25(30)28-14-12-21(13-15-28)18-27-26(31)22-5-3-6-24(17-22)33-20(2)29/h3,5-6,8-11,17,21H,4,7,12-16,18H2,1-2H3,(H,27,31).